The van der Waals surface area contributed by atoms with Crippen LogP contribution in [0.1, 0.15) is 5.56 Å². The van der Waals surface area contributed by atoms with E-state index >= 15 is 0 Å². The van der Waals surface area contributed by atoms with Gasteiger partial charge >= 0.3 is 0 Å². The molecule has 1 aliphatic rings. The normalized spacial score (nSPS) is 30.2. The molecule has 1 aromatic carbocycles. The number of methoxy groups -OCH3 is 2. The van der Waals surface area contributed by atoms with Crippen molar-refractivity contribution in [3.8, 4) is 17.2 Å². The van der Waals surface area contributed by atoms with Gasteiger partial charge in [-0.1, -0.05) is 0 Å². The fourth-order valence-electron chi connectivity index (χ4n) is 2.47. The Bertz CT molecular complexity index is 548. The first-order valence-corrected chi connectivity index (χ1v) is 7.28. The minimum atomic E-state index is -1.51. The Morgan fingerprint density at radius 1 is 1.04 bits per heavy atom. The van der Waals surface area contributed by atoms with Crippen molar-refractivity contribution in [3.63, 3.8) is 0 Å². The van der Waals surface area contributed by atoms with Gasteiger partial charge in [-0.05, 0) is 17.7 Å². The summed E-state index contributed by atoms with van der Waals surface area (Å²) in [7, 11) is 2.81. The third kappa shape index (κ3) is 3.72. The highest BCUT2D eigenvalue weighted by molar-refractivity contribution is 5.52. The molecular formula is C15H22O9. The average molecular weight is 346 g/mol. The molecule has 136 valence electrons. The van der Waals surface area contributed by atoms with Crippen molar-refractivity contribution in [2.24, 2.45) is 0 Å². The van der Waals surface area contributed by atoms with Crippen LogP contribution in [0.25, 0.3) is 0 Å². The van der Waals surface area contributed by atoms with Crippen molar-refractivity contribution < 1.29 is 44.5 Å². The van der Waals surface area contributed by atoms with Crippen molar-refractivity contribution in [1.29, 1.82) is 0 Å². The molecule has 1 fully saturated rings. The molecule has 0 saturated carbocycles. The summed E-state index contributed by atoms with van der Waals surface area (Å²) in [5.74, 6) is 0.322. The number of phenols is 1. The Hall–Kier alpha value is -1.62. The van der Waals surface area contributed by atoms with Gasteiger partial charge in [-0.15, -0.1) is 0 Å². The lowest BCUT2D eigenvalue weighted by Gasteiger charge is -2.39. The highest BCUT2D eigenvalue weighted by Crippen LogP contribution is 2.37. The first kappa shape index (κ1) is 18.7. The van der Waals surface area contributed by atoms with Crippen LogP contribution >= 0.6 is 0 Å². The van der Waals surface area contributed by atoms with E-state index in [0.29, 0.717) is 11.3 Å². The number of phenolic OH excluding ortho intramolecular Hbond substituents is 1. The quantitative estimate of drug-likeness (QED) is 0.426. The third-order valence-corrected chi connectivity index (χ3v) is 3.78. The lowest BCUT2D eigenvalue weighted by molar-refractivity contribution is -0.304. The molecule has 0 spiro atoms. The maximum Gasteiger partial charge on any atom is 0.203 e. The molecule has 5 N–H and O–H groups in total. The van der Waals surface area contributed by atoms with Gasteiger partial charge < -0.3 is 44.5 Å². The molecule has 1 aliphatic heterocycles. The predicted octanol–water partition coefficient (Wildman–Crippen LogP) is -1.27. The Labute approximate surface area is 138 Å². The van der Waals surface area contributed by atoms with E-state index in [4.69, 9.17) is 24.1 Å². The van der Waals surface area contributed by atoms with E-state index in [1.165, 1.54) is 20.3 Å². The van der Waals surface area contributed by atoms with Gasteiger partial charge in [0.1, 0.15) is 24.4 Å². The zero-order chi connectivity index (χ0) is 17.9. The topological polar surface area (TPSA) is 138 Å². The van der Waals surface area contributed by atoms with E-state index in [-0.39, 0.29) is 18.1 Å². The second kappa shape index (κ2) is 7.97. The standard InChI is InChI=1S/C15H22O9/c1-21-9-4-7(3-8(17)14(9)22-2)6-23-15-13(20)12(19)11(18)10(5-16)24-15/h3-4,10-13,15-20H,5-6H2,1-2H3. The molecule has 1 saturated heterocycles. The Kier molecular flexibility index (Phi) is 6.21. The van der Waals surface area contributed by atoms with E-state index < -0.39 is 37.3 Å². The number of hydrogen-bond acceptors (Lipinski definition) is 9. The number of benzene rings is 1. The number of hydrogen-bond donors (Lipinski definition) is 5. The zero-order valence-corrected chi connectivity index (χ0v) is 13.3. The van der Waals surface area contributed by atoms with E-state index in [9.17, 15) is 20.4 Å². The minimum absolute atomic E-state index is 0.0867. The van der Waals surface area contributed by atoms with E-state index in [2.05, 4.69) is 0 Å². The number of ether oxygens (including phenoxy) is 4. The lowest BCUT2D eigenvalue weighted by atomic mass is 9.99. The maximum atomic E-state index is 9.90. The van der Waals surface area contributed by atoms with Crippen LogP contribution in [0.3, 0.4) is 0 Å². The molecule has 1 aromatic rings. The summed E-state index contributed by atoms with van der Waals surface area (Å²) in [5, 5.41) is 48.4. The molecule has 9 nitrogen and oxygen atoms in total. The van der Waals surface area contributed by atoms with Crippen LogP contribution in [0.5, 0.6) is 17.2 Å². The zero-order valence-electron chi connectivity index (χ0n) is 13.3. The molecule has 1 heterocycles. The van der Waals surface area contributed by atoms with Gasteiger partial charge in [-0.2, -0.15) is 0 Å². The maximum absolute atomic E-state index is 9.90. The predicted molar refractivity (Wildman–Crippen MR) is 79.8 cm³/mol. The Balaban J connectivity index is 2.08. The molecule has 0 amide bonds. The van der Waals surface area contributed by atoms with Crippen molar-refractivity contribution in [2.45, 2.75) is 37.3 Å². The summed E-state index contributed by atoms with van der Waals surface area (Å²) in [4.78, 5) is 0. The molecule has 24 heavy (non-hydrogen) atoms. The molecule has 5 unspecified atom stereocenters. The van der Waals surface area contributed by atoms with Crippen molar-refractivity contribution in [3.05, 3.63) is 17.7 Å². The number of rotatable bonds is 6. The van der Waals surface area contributed by atoms with Crippen molar-refractivity contribution >= 4 is 0 Å². The van der Waals surface area contributed by atoms with Crippen LogP contribution in [-0.2, 0) is 16.1 Å². The van der Waals surface area contributed by atoms with E-state index in [0.717, 1.165) is 0 Å². The van der Waals surface area contributed by atoms with Crippen molar-refractivity contribution in [1.82, 2.24) is 0 Å². The minimum Gasteiger partial charge on any atom is -0.504 e. The fraction of sp³-hybridized carbons (Fsp3) is 0.600. The summed E-state index contributed by atoms with van der Waals surface area (Å²) < 4.78 is 20.8. The molecule has 0 aliphatic carbocycles. The highest BCUT2D eigenvalue weighted by Gasteiger charge is 2.44. The van der Waals surface area contributed by atoms with Crippen LogP contribution in [0.15, 0.2) is 12.1 Å². The summed E-state index contributed by atoms with van der Waals surface area (Å²) in [6.45, 7) is -0.626. The molecule has 9 heteroatoms. The summed E-state index contributed by atoms with van der Waals surface area (Å²) >= 11 is 0. The van der Waals surface area contributed by atoms with Crippen LogP contribution in [0.2, 0.25) is 0 Å². The van der Waals surface area contributed by atoms with Crippen molar-refractivity contribution in [2.75, 3.05) is 20.8 Å². The van der Waals surface area contributed by atoms with Gasteiger partial charge in [0, 0.05) is 0 Å². The van der Waals surface area contributed by atoms with Crippen LogP contribution < -0.4 is 9.47 Å². The SMILES string of the molecule is COc1cc(COC2OC(CO)C(O)C(O)C2O)cc(O)c1OC. The van der Waals surface area contributed by atoms with Gasteiger partial charge in [0.2, 0.25) is 5.75 Å². The van der Waals surface area contributed by atoms with Gasteiger partial charge in [-0.25, -0.2) is 0 Å². The van der Waals surface area contributed by atoms with Crippen LogP contribution in [0.4, 0.5) is 0 Å². The molecule has 2 rings (SSSR count). The van der Waals surface area contributed by atoms with Gasteiger partial charge in [-0.3, -0.25) is 0 Å². The fourth-order valence-corrected chi connectivity index (χ4v) is 2.47. The number of aliphatic hydroxyl groups excluding tert-OH is 4. The summed E-state index contributed by atoms with van der Waals surface area (Å²) in [6.07, 6.45) is -6.76. The van der Waals surface area contributed by atoms with Crippen LogP contribution in [-0.4, -0.2) is 77.1 Å². The Morgan fingerprint density at radius 3 is 2.33 bits per heavy atom. The monoisotopic (exact) mass is 346 g/mol. The summed E-state index contributed by atoms with van der Waals surface area (Å²) in [6, 6.07) is 2.97. The Morgan fingerprint density at radius 2 is 1.75 bits per heavy atom. The average Bonchev–Trinajstić information content (AvgIpc) is 2.58. The first-order chi connectivity index (χ1) is 11.4. The molecule has 0 bridgehead atoms. The van der Waals surface area contributed by atoms with Gasteiger partial charge in [0.25, 0.3) is 0 Å². The van der Waals surface area contributed by atoms with E-state index in [1.807, 2.05) is 0 Å². The largest absolute Gasteiger partial charge is 0.504 e. The molecular weight excluding hydrogens is 324 g/mol. The summed E-state index contributed by atoms with van der Waals surface area (Å²) in [5.41, 5.74) is 0.502. The smallest absolute Gasteiger partial charge is 0.203 e. The van der Waals surface area contributed by atoms with Crippen LogP contribution in [0, 0.1) is 0 Å². The number of aromatic hydroxyl groups is 1. The third-order valence-electron chi connectivity index (χ3n) is 3.78. The molecule has 0 aromatic heterocycles. The second-order valence-electron chi connectivity index (χ2n) is 5.36. The molecule has 5 atom stereocenters. The highest BCUT2D eigenvalue weighted by atomic mass is 16.7. The first-order valence-electron chi connectivity index (χ1n) is 7.28. The van der Waals surface area contributed by atoms with Gasteiger partial charge in [0.15, 0.2) is 17.8 Å². The number of aliphatic hydroxyl groups is 4. The van der Waals surface area contributed by atoms with Gasteiger partial charge in [0.05, 0.1) is 27.4 Å². The lowest BCUT2D eigenvalue weighted by Crippen LogP contribution is -2.59. The second-order valence-corrected chi connectivity index (χ2v) is 5.36. The van der Waals surface area contributed by atoms with E-state index in [1.54, 1.807) is 6.07 Å². The molecule has 0 radical (unpaired) electrons.